The smallest absolute Gasteiger partial charge is 0.338 e. The summed E-state index contributed by atoms with van der Waals surface area (Å²) in [6, 6.07) is 6.32. The molecule has 0 atom stereocenters. The van der Waals surface area contributed by atoms with Crippen LogP contribution in [0.15, 0.2) is 35.4 Å². The Hall–Kier alpha value is -2.63. The third-order valence-corrected chi connectivity index (χ3v) is 3.31. The number of rotatable bonds is 7. The van der Waals surface area contributed by atoms with E-state index in [0.29, 0.717) is 17.9 Å². The molecule has 2 N–H and O–H groups in total. The predicted molar refractivity (Wildman–Crippen MR) is 86.3 cm³/mol. The van der Waals surface area contributed by atoms with E-state index in [1.165, 1.54) is 19.9 Å². The number of aliphatic carboxylic acids is 1. The van der Waals surface area contributed by atoms with E-state index in [-0.39, 0.29) is 11.1 Å². The minimum Gasteiger partial charge on any atom is -0.478 e. The van der Waals surface area contributed by atoms with Crippen LogP contribution in [0.3, 0.4) is 0 Å². The van der Waals surface area contributed by atoms with Crippen LogP contribution in [0.1, 0.15) is 44.0 Å². The van der Waals surface area contributed by atoms with Gasteiger partial charge in [-0.2, -0.15) is 0 Å². The Labute approximate surface area is 135 Å². The van der Waals surface area contributed by atoms with Crippen LogP contribution < -0.4 is 5.32 Å². The van der Waals surface area contributed by atoms with E-state index in [1.807, 2.05) is 6.92 Å². The molecule has 1 rings (SSSR count). The Kier molecular flexibility index (Phi) is 6.99. The summed E-state index contributed by atoms with van der Waals surface area (Å²) in [7, 11) is 0. The average Bonchev–Trinajstić information content (AvgIpc) is 2.53. The Morgan fingerprint density at radius 2 is 1.87 bits per heavy atom. The maximum absolute atomic E-state index is 12.0. The highest BCUT2D eigenvalue weighted by Crippen LogP contribution is 2.14. The molecule has 0 heterocycles. The average molecular weight is 319 g/mol. The standard InChI is InChI=1S/C17H21NO5/c1-4-5-9-23-17(22)13-7-6-8-14(10-13)18-15(19)11(2)12(3)16(20)21/h6-8,10H,4-5,9H2,1-3H3,(H,18,19)(H,20,21)/b12-11-. The molecule has 0 saturated carbocycles. The largest absolute Gasteiger partial charge is 0.478 e. The van der Waals surface area contributed by atoms with Gasteiger partial charge in [0.2, 0.25) is 0 Å². The molecule has 6 heteroatoms. The molecule has 1 aromatic carbocycles. The normalized spacial score (nSPS) is 11.4. The molecule has 23 heavy (non-hydrogen) atoms. The lowest BCUT2D eigenvalue weighted by atomic mass is 10.1. The van der Waals surface area contributed by atoms with Crippen LogP contribution in [-0.2, 0) is 14.3 Å². The third-order valence-electron chi connectivity index (χ3n) is 3.31. The zero-order chi connectivity index (χ0) is 17.4. The van der Waals surface area contributed by atoms with Crippen LogP contribution >= 0.6 is 0 Å². The maximum atomic E-state index is 12.0. The molecule has 0 unspecified atom stereocenters. The van der Waals surface area contributed by atoms with E-state index in [1.54, 1.807) is 18.2 Å². The molecule has 0 saturated heterocycles. The zero-order valence-corrected chi connectivity index (χ0v) is 13.5. The first-order chi connectivity index (χ1) is 10.9. The fourth-order valence-electron chi connectivity index (χ4n) is 1.67. The van der Waals surface area contributed by atoms with E-state index in [9.17, 15) is 14.4 Å². The second-order valence-corrected chi connectivity index (χ2v) is 5.08. The van der Waals surface area contributed by atoms with Crippen molar-refractivity contribution in [3.63, 3.8) is 0 Å². The van der Waals surface area contributed by atoms with Crippen LogP contribution in [-0.4, -0.2) is 29.6 Å². The number of carbonyl (C=O) groups excluding carboxylic acids is 2. The molecule has 0 aliphatic rings. The van der Waals surface area contributed by atoms with Gasteiger partial charge in [-0.05, 0) is 38.5 Å². The lowest BCUT2D eigenvalue weighted by Crippen LogP contribution is -2.16. The van der Waals surface area contributed by atoms with Gasteiger partial charge in [0.25, 0.3) is 5.91 Å². The van der Waals surface area contributed by atoms with Gasteiger partial charge in [-0.25, -0.2) is 9.59 Å². The van der Waals surface area contributed by atoms with Crippen LogP contribution in [0.25, 0.3) is 0 Å². The summed E-state index contributed by atoms with van der Waals surface area (Å²) in [6.45, 7) is 5.14. The van der Waals surface area contributed by atoms with Crippen LogP contribution in [0.5, 0.6) is 0 Å². The topological polar surface area (TPSA) is 92.7 Å². The molecule has 0 bridgehead atoms. The van der Waals surface area contributed by atoms with Gasteiger partial charge >= 0.3 is 11.9 Å². The number of carboxylic acid groups (broad SMARTS) is 1. The first-order valence-electron chi connectivity index (χ1n) is 7.36. The third kappa shape index (κ3) is 5.58. The van der Waals surface area contributed by atoms with Gasteiger partial charge in [0.15, 0.2) is 0 Å². The highest BCUT2D eigenvalue weighted by Gasteiger charge is 2.14. The van der Waals surface area contributed by atoms with Crippen LogP contribution in [0.4, 0.5) is 5.69 Å². The molecular weight excluding hydrogens is 298 g/mol. The van der Waals surface area contributed by atoms with Gasteiger partial charge in [-0.3, -0.25) is 4.79 Å². The number of hydrogen-bond acceptors (Lipinski definition) is 4. The number of amides is 1. The minimum absolute atomic E-state index is 0.0300. The van der Waals surface area contributed by atoms with E-state index in [4.69, 9.17) is 9.84 Å². The van der Waals surface area contributed by atoms with Gasteiger partial charge in [0, 0.05) is 16.8 Å². The Bertz CT molecular complexity index is 634. The van der Waals surface area contributed by atoms with Gasteiger partial charge in [0.05, 0.1) is 12.2 Å². The van der Waals surface area contributed by atoms with Gasteiger partial charge in [-0.1, -0.05) is 19.4 Å². The summed E-state index contributed by atoms with van der Waals surface area (Å²) in [6.07, 6.45) is 1.72. The van der Waals surface area contributed by atoms with Crippen molar-refractivity contribution in [2.24, 2.45) is 0 Å². The molecule has 0 spiro atoms. The number of nitrogens with one attached hydrogen (secondary N) is 1. The second-order valence-electron chi connectivity index (χ2n) is 5.08. The maximum Gasteiger partial charge on any atom is 0.338 e. The molecule has 0 radical (unpaired) electrons. The van der Waals surface area contributed by atoms with Crippen molar-refractivity contribution in [2.75, 3.05) is 11.9 Å². The van der Waals surface area contributed by atoms with Crippen molar-refractivity contribution in [3.8, 4) is 0 Å². The number of unbranched alkanes of at least 4 members (excludes halogenated alkanes) is 1. The molecule has 1 aromatic rings. The summed E-state index contributed by atoms with van der Waals surface area (Å²) in [5, 5.41) is 11.5. The van der Waals surface area contributed by atoms with Gasteiger partial charge < -0.3 is 15.2 Å². The quantitative estimate of drug-likeness (QED) is 0.458. The number of esters is 1. The Morgan fingerprint density at radius 3 is 2.48 bits per heavy atom. The van der Waals surface area contributed by atoms with E-state index in [2.05, 4.69) is 5.32 Å². The van der Waals surface area contributed by atoms with Crippen LogP contribution in [0, 0.1) is 0 Å². The lowest BCUT2D eigenvalue weighted by molar-refractivity contribution is -0.133. The SMILES string of the molecule is CCCCOC(=O)c1cccc(NC(=O)/C(C)=C(/C)C(=O)O)c1. The number of carbonyl (C=O) groups is 3. The van der Waals surface area contributed by atoms with Crippen molar-refractivity contribution < 1.29 is 24.2 Å². The number of benzene rings is 1. The summed E-state index contributed by atoms with van der Waals surface area (Å²) in [5.41, 5.74) is 0.805. The summed E-state index contributed by atoms with van der Waals surface area (Å²) in [5.74, 6) is -2.13. The van der Waals surface area contributed by atoms with E-state index in [0.717, 1.165) is 12.8 Å². The molecular formula is C17H21NO5. The zero-order valence-electron chi connectivity index (χ0n) is 13.5. The number of carboxylic acids is 1. The number of ether oxygens (including phenoxy) is 1. The second kappa shape index (κ2) is 8.73. The monoisotopic (exact) mass is 319 g/mol. The van der Waals surface area contributed by atoms with Crippen molar-refractivity contribution in [1.82, 2.24) is 0 Å². The Balaban J connectivity index is 2.81. The Morgan fingerprint density at radius 1 is 1.17 bits per heavy atom. The molecule has 0 aliphatic heterocycles. The number of hydrogen-bond donors (Lipinski definition) is 2. The van der Waals surface area contributed by atoms with E-state index < -0.39 is 17.8 Å². The molecule has 124 valence electrons. The molecule has 0 aromatic heterocycles. The van der Waals surface area contributed by atoms with Crippen molar-refractivity contribution in [3.05, 3.63) is 41.0 Å². The number of anilines is 1. The van der Waals surface area contributed by atoms with Crippen molar-refractivity contribution in [2.45, 2.75) is 33.6 Å². The molecule has 1 amide bonds. The first kappa shape index (κ1) is 18.4. The molecule has 0 aliphatic carbocycles. The van der Waals surface area contributed by atoms with E-state index >= 15 is 0 Å². The highest BCUT2D eigenvalue weighted by atomic mass is 16.5. The van der Waals surface area contributed by atoms with Crippen molar-refractivity contribution >= 4 is 23.5 Å². The molecule has 0 fully saturated rings. The highest BCUT2D eigenvalue weighted by molar-refractivity contribution is 6.08. The fraction of sp³-hybridized carbons (Fsp3) is 0.353. The predicted octanol–water partition coefficient (Wildman–Crippen LogP) is 3.00. The first-order valence-corrected chi connectivity index (χ1v) is 7.36. The summed E-state index contributed by atoms with van der Waals surface area (Å²) in [4.78, 5) is 34.7. The van der Waals surface area contributed by atoms with Gasteiger partial charge in [-0.15, -0.1) is 0 Å². The minimum atomic E-state index is -1.15. The fourth-order valence-corrected chi connectivity index (χ4v) is 1.67. The summed E-state index contributed by atoms with van der Waals surface area (Å²) >= 11 is 0. The van der Waals surface area contributed by atoms with Gasteiger partial charge in [0.1, 0.15) is 0 Å². The lowest BCUT2D eigenvalue weighted by Gasteiger charge is -2.09. The van der Waals surface area contributed by atoms with Crippen LogP contribution in [0.2, 0.25) is 0 Å². The summed E-state index contributed by atoms with van der Waals surface area (Å²) < 4.78 is 5.11. The van der Waals surface area contributed by atoms with Crippen molar-refractivity contribution in [1.29, 1.82) is 0 Å². The molecule has 6 nitrogen and oxygen atoms in total.